The van der Waals surface area contributed by atoms with Crippen LogP contribution in [0.5, 0.6) is 5.75 Å². The first kappa shape index (κ1) is 21.9. The lowest BCUT2D eigenvalue weighted by Crippen LogP contribution is -2.31. The van der Waals surface area contributed by atoms with Crippen molar-refractivity contribution in [2.24, 2.45) is 0 Å². The van der Waals surface area contributed by atoms with Crippen LogP contribution in [0.4, 0.5) is 5.69 Å². The number of carbonyl (C=O) groups excluding carboxylic acids is 2. The molecule has 0 aromatic heterocycles. The molecular weight excluding hydrogens is 468 g/mol. The van der Waals surface area contributed by atoms with Gasteiger partial charge in [0.2, 0.25) is 0 Å². The van der Waals surface area contributed by atoms with Gasteiger partial charge in [-0.1, -0.05) is 41.9 Å². The number of carbonyl (C=O) groups is 2. The van der Waals surface area contributed by atoms with Gasteiger partial charge in [0, 0.05) is 16.5 Å². The summed E-state index contributed by atoms with van der Waals surface area (Å²) in [5.74, 6) is 0.131. The monoisotopic (exact) mass is 486 g/mol. The number of nitrogens with zero attached hydrogens (tertiary/aromatic N) is 1. The molecule has 0 fully saturated rings. The van der Waals surface area contributed by atoms with E-state index in [2.05, 4.69) is 21.2 Å². The molecule has 3 aromatic carbocycles. The van der Waals surface area contributed by atoms with E-state index >= 15 is 0 Å². The summed E-state index contributed by atoms with van der Waals surface area (Å²) in [4.78, 5) is 27.1. The Balaban J connectivity index is 1.65. The number of anilines is 1. The summed E-state index contributed by atoms with van der Waals surface area (Å²) in [5, 5.41) is 3.42. The second kappa shape index (κ2) is 10.3. The Bertz CT molecular complexity index is 1060. The first-order valence-electron chi connectivity index (χ1n) is 9.24. The zero-order valence-corrected chi connectivity index (χ0v) is 18.6. The molecule has 154 valence electrons. The lowest BCUT2D eigenvalue weighted by molar-refractivity contribution is 0.0775. The molecule has 0 bridgehead atoms. The lowest BCUT2D eigenvalue weighted by atomic mass is 10.1. The Morgan fingerprint density at radius 2 is 1.70 bits per heavy atom. The fourth-order valence-electron chi connectivity index (χ4n) is 2.78. The van der Waals surface area contributed by atoms with Crippen LogP contribution < -0.4 is 10.1 Å². The number of ether oxygens (including phenoxy) is 1. The third-order valence-corrected chi connectivity index (χ3v) is 5.29. The third kappa shape index (κ3) is 5.62. The molecule has 0 unspecified atom stereocenters. The number of hydrogen-bond acceptors (Lipinski definition) is 3. The Labute approximate surface area is 188 Å². The van der Waals surface area contributed by atoms with Crippen molar-refractivity contribution in [1.82, 2.24) is 4.90 Å². The van der Waals surface area contributed by atoms with Crippen molar-refractivity contribution < 1.29 is 14.3 Å². The van der Waals surface area contributed by atoms with Crippen LogP contribution in [0.15, 0.2) is 77.3 Å². The van der Waals surface area contributed by atoms with Gasteiger partial charge < -0.3 is 15.0 Å². The lowest BCUT2D eigenvalue weighted by Gasteiger charge is -2.19. The minimum absolute atomic E-state index is 0.215. The topological polar surface area (TPSA) is 58.6 Å². The molecule has 7 heteroatoms. The van der Waals surface area contributed by atoms with E-state index in [4.69, 9.17) is 16.3 Å². The van der Waals surface area contributed by atoms with Crippen LogP contribution in [-0.4, -0.2) is 36.9 Å². The largest absolute Gasteiger partial charge is 0.492 e. The number of likely N-dealkylation sites (N-methyl/N-ethyl adjacent to an activating group) is 1. The van der Waals surface area contributed by atoms with Crippen molar-refractivity contribution in [2.75, 3.05) is 25.5 Å². The molecule has 1 N–H and O–H groups in total. The standard InChI is InChI=1S/C23H20BrClN2O3/c1-27(13-14-30-17-8-6-7-16(25)15-17)23(29)19-10-3-5-12-21(19)26-22(28)18-9-2-4-11-20(18)24/h2-12,15H,13-14H2,1H3,(H,26,28). The summed E-state index contributed by atoms with van der Waals surface area (Å²) in [5.41, 5.74) is 1.34. The summed E-state index contributed by atoms with van der Waals surface area (Å²) in [6.45, 7) is 0.686. The molecular formula is C23H20BrClN2O3. The SMILES string of the molecule is CN(CCOc1cccc(Cl)c1)C(=O)c1ccccc1NC(=O)c1ccccc1Br. The fourth-order valence-corrected chi connectivity index (χ4v) is 3.42. The normalized spacial score (nSPS) is 10.4. The number of nitrogens with one attached hydrogen (secondary N) is 1. The van der Waals surface area contributed by atoms with Crippen LogP contribution in [-0.2, 0) is 0 Å². The number of rotatable bonds is 7. The Morgan fingerprint density at radius 1 is 1.00 bits per heavy atom. The van der Waals surface area contributed by atoms with Crippen molar-refractivity contribution in [3.63, 3.8) is 0 Å². The van der Waals surface area contributed by atoms with Crippen LogP contribution >= 0.6 is 27.5 Å². The predicted molar refractivity (Wildman–Crippen MR) is 122 cm³/mol. The van der Waals surface area contributed by atoms with Gasteiger partial charge in [0.1, 0.15) is 12.4 Å². The number of hydrogen-bond donors (Lipinski definition) is 1. The molecule has 0 spiro atoms. The minimum Gasteiger partial charge on any atom is -0.492 e. The van der Waals surface area contributed by atoms with Gasteiger partial charge in [-0.05, 0) is 58.4 Å². The summed E-state index contributed by atoms with van der Waals surface area (Å²) >= 11 is 9.32. The van der Waals surface area contributed by atoms with Crippen molar-refractivity contribution in [2.45, 2.75) is 0 Å². The van der Waals surface area contributed by atoms with Gasteiger partial charge in [-0.2, -0.15) is 0 Å². The molecule has 3 aromatic rings. The van der Waals surface area contributed by atoms with E-state index in [1.165, 1.54) is 0 Å². The second-order valence-electron chi connectivity index (χ2n) is 6.51. The summed E-state index contributed by atoms with van der Waals surface area (Å²) in [6.07, 6.45) is 0. The van der Waals surface area contributed by atoms with Gasteiger partial charge in [-0.15, -0.1) is 0 Å². The Morgan fingerprint density at radius 3 is 2.43 bits per heavy atom. The molecule has 0 aliphatic carbocycles. The quantitative estimate of drug-likeness (QED) is 0.478. The van der Waals surface area contributed by atoms with Crippen molar-refractivity contribution in [1.29, 1.82) is 0 Å². The van der Waals surface area contributed by atoms with Crippen LogP contribution in [0.2, 0.25) is 5.02 Å². The second-order valence-corrected chi connectivity index (χ2v) is 7.80. The zero-order chi connectivity index (χ0) is 21.5. The van der Waals surface area contributed by atoms with Gasteiger partial charge in [-0.3, -0.25) is 9.59 Å². The molecule has 3 rings (SSSR count). The van der Waals surface area contributed by atoms with Gasteiger partial charge >= 0.3 is 0 Å². The first-order chi connectivity index (χ1) is 14.5. The number of amides is 2. The van der Waals surface area contributed by atoms with E-state index < -0.39 is 0 Å². The first-order valence-corrected chi connectivity index (χ1v) is 10.4. The smallest absolute Gasteiger partial charge is 0.256 e. The van der Waals surface area contributed by atoms with Crippen LogP contribution in [0.3, 0.4) is 0 Å². The van der Waals surface area contributed by atoms with E-state index in [0.717, 1.165) is 0 Å². The summed E-state index contributed by atoms with van der Waals surface area (Å²) in [6, 6.07) is 21.1. The molecule has 0 saturated carbocycles. The molecule has 0 radical (unpaired) electrons. The van der Waals surface area contributed by atoms with Gasteiger partial charge in [0.05, 0.1) is 23.4 Å². The zero-order valence-electron chi connectivity index (χ0n) is 16.3. The Kier molecular flexibility index (Phi) is 7.49. The molecule has 0 saturated heterocycles. The molecule has 0 aliphatic rings. The number of benzene rings is 3. The van der Waals surface area contributed by atoms with Crippen LogP contribution in [0.1, 0.15) is 20.7 Å². The maximum Gasteiger partial charge on any atom is 0.256 e. The minimum atomic E-state index is -0.297. The Hall–Kier alpha value is -2.83. The highest BCUT2D eigenvalue weighted by Gasteiger charge is 2.18. The molecule has 0 aliphatic heterocycles. The molecule has 2 amide bonds. The van der Waals surface area contributed by atoms with Crippen molar-refractivity contribution in [3.8, 4) is 5.75 Å². The van der Waals surface area contributed by atoms with E-state index in [9.17, 15) is 9.59 Å². The molecule has 0 heterocycles. The number of para-hydroxylation sites is 1. The van der Waals surface area contributed by atoms with Gasteiger partial charge in [0.25, 0.3) is 11.8 Å². The highest BCUT2D eigenvalue weighted by atomic mass is 79.9. The van der Waals surface area contributed by atoms with Crippen molar-refractivity contribution in [3.05, 3.63) is 93.4 Å². The summed E-state index contributed by atoms with van der Waals surface area (Å²) < 4.78 is 6.34. The van der Waals surface area contributed by atoms with E-state index in [1.807, 2.05) is 6.07 Å². The third-order valence-electron chi connectivity index (χ3n) is 4.36. The highest BCUT2D eigenvalue weighted by Crippen LogP contribution is 2.21. The van der Waals surface area contributed by atoms with Crippen LogP contribution in [0, 0.1) is 0 Å². The van der Waals surface area contributed by atoms with E-state index in [-0.39, 0.29) is 11.8 Å². The van der Waals surface area contributed by atoms with Gasteiger partial charge in [0.15, 0.2) is 0 Å². The van der Waals surface area contributed by atoms with Gasteiger partial charge in [-0.25, -0.2) is 0 Å². The molecule has 0 atom stereocenters. The highest BCUT2D eigenvalue weighted by molar-refractivity contribution is 9.10. The maximum absolute atomic E-state index is 12.9. The van der Waals surface area contributed by atoms with E-state index in [1.54, 1.807) is 78.7 Å². The average molecular weight is 488 g/mol. The molecule has 30 heavy (non-hydrogen) atoms. The van der Waals surface area contributed by atoms with Crippen molar-refractivity contribution >= 4 is 45.0 Å². The van der Waals surface area contributed by atoms with E-state index in [0.29, 0.717) is 45.2 Å². The predicted octanol–water partition coefficient (Wildman–Crippen LogP) is 5.51. The summed E-state index contributed by atoms with van der Waals surface area (Å²) in [7, 11) is 1.69. The molecule has 5 nitrogen and oxygen atoms in total. The average Bonchev–Trinajstić information content (AvgIpc) is 2.74. The maximum atomic E-state index is 12.9. The number of halogens is 2. The fraction of sp³-hybridized carbons (Fsp3) is 0.130. The van der Waals surface area contributed by atoms with Crippen LogP contribution in [0.25, 0.3) is 0 Å².